The predicted molar refractivity (Wildman–Crippen MR) is 118 cm³/mol. The van der Waals surface area contributed by atoms with E-state index in [0.717, 1.165) is 30.7 Å². The number of aromatic nitrogens is 2. The van der Waals surface area contributed by atoms with Crippen LogP contribution in [0.15, 0.2) is 18.2 Å². The molecule has 2 aromatic rings. The second-order valence-electron chi connectivity index (χ2n) is 8.63. The van der Waals surface area contributed by atoms with Crippen molar-refractivity contribution >= 4 is 11.9 Å². The molecular weight excluding hydrogens is 429 g/mol. The van der Waals surface area contributed by atoms with E-state index in [0.29, 0.717) is 44.7 Å². The summed E-state index contributed by atoms with van der Waals surface area (Å²) in [6, 6.07) is 4.14. The van der Waals surface area contributed by atoms with Crippen LogP contribution in [0.4, 0.5) is 4.39 Å². The second kappa shape index (κ2) is 9.91. The number of nitrogens with zero attached hydrogens (tertiary/aromatic N) is 2. The average Bonchev–Trinajstić information content (AvgIpc) is 3.10. The number of ether oxygens (including phenoxy) is 3. The number of carbonyl (C=O) groups excluding carboxylic acids is 2. The van der Waals surface area contributed by atoms with E-state index in [4.69, 9.17) is 19.3 Å². The number of hydrogen-bond donors (Lipinski definition) is 1. The zero-order valence-electron chi connectivity index (χ0n) is 19.1. The fourth-order valence-electron chi connectivity index (χ4n) is 4.69. The molecule has 0 aliphatic carbocycles. The SMILES string of the molecule is CCc1nn(CCCOC(=O)c2cccc(F)c2OC)c2c1C(=O)NCC1(CCOCC1)C2. The summed E-state index contributed by atoms with van der Waals surface area (Å²) in [4.78, 5) is 25.3. The highest BCUT2D eigenvalue weighted by Crippen LogP contribution is 2.37. The predicted octanol–water partition coefficient (Wildman–Crippen LogP) is 2.92. The Kier molecular flexibility index (Phi) is 6.97. The Labute approximate surface area is 192 Å². The van der Waals surface area contributed by atoms with Gasteiger partial charge in [-0.1, -0.05) is 13.0 Å². The van der Waals surface area contributed by atoms with Crippen LogP contribution >= 0.6 is 0 Å². The number of methoxy groups -OCH3 is 1. The van der Waals surface area contributed by atoms with Crippen molar-refractivity contribution in [3.8, 4) is 5.75 Å². The molecule has 1 aromatic heterocycles. The first-order valence-corrected chi connectivity index (χ1v) is 11.4. The summed E-state index contributed by atoms with van der Waals surface area (Å²) in [6.07, 6.45) is 3.72. The number of amides is 1. The molecule has 1 N–H and O–H groups in total. The molecule has 3 heterocycles. The third-order valence-electron chi connectivity index (χ3n) is 6.55. The van der Waals surface area contributed by atoms with Crippen LogP contribution in [-0.2, 0) is 28.9 Å². The number of benzene rings is 1. The topological polar surface area (TPSA) is 91.7 Å². The van der Waals surface area contributed by atoms with Crippen LogP contribution in [0.5, 0.6) is 5.75 Å². The lowest BCUT2D eigenvalue weighted by Gasteiger charge is -2.36. The molecule has 2 aliphatic heterocycles. The Balaban J connectivity index is 1.46. The molecule has 0 radical (unpaired) electrons. The Morgan fingerprint density at radius 2 is 2.12 bits per heavy atom. The van der Waals surface area contributed by atoms with Gasteiger partial charge in [-0.25, -0.2) is 9.18 Å². The van der Waals surface area contributed by atoms with Crippen LogP contribution in [0.1, 0.15) is 58.3 Å². The summed E-state index contributed by atoms with van der Waals surface area (Å²) in [5, 5.41) is 7.81. The molecule has 1 saturated heterocycles. The highest BCUT2D eigenvalue weighted by Gasteiger charge is 2.39. The maximum Gasteiger partial charge on any atom is 0.342 e. The number of fused-ring (bicyclic) bond motifs is 1. The number of hydrogen-bond acceptors (Lipinski definition) is 6. The van der Waals surface area contributed by atoms with Crippen LogP contribution in [0.3, 0.4) is 0 Å². The minimum absolute atomic E-state index is 0.0254. The van der Waals surface area contributed by atoms with E-state index < -0.39 is 11.8 Å². The number of nitrogens with one attached hydrogen (secondary N) is 1. The number of halogens is 1. The van der Waals surface area contributed by atoms with Crippen molar-refractivity contribution in [1.29, 1.82) is 0 Å². The molecule has 9 heteroatoms. The molecular formula is C24H30FN3O5. The molecule has 2 aliphatic rings. The van der Waals surface area contributed by atoms with Gasteiger partial charge in [-0.2, -0.15) is 5.10 Å². The van der Waals surface area contributed by atoms with Gasteiger partial charge in [-0.3, -0.25) is 9.48 Å². The molecule has 0 atom stereocenters. The number of carbonyl (C=O) groups is 2. The maximum absolute atomic E-state index is 13.8. The van der Waals surface area contributed by atoms with Gasteiger partial charge in [0.2, 0.25) is 0 Å². The van der Waals surface area contributed by atoms with E-state index in [9.17, 15) is 14.0 Å². The molecule has 1 fully saturated rings. The monoisotopic (exact) mass is 459 g/mol. The van der Waals surface area contributed by atoms with E-state index in [1.54, 1.807) is 0 Å². The van der Waals surface area contributed by atoms with E-state index in [2.05, 4.69) is 5.32 Å². The minimum Gasteiger partial charge on any atom is -0.493 e. The fraction of sp³-hybridized carbons (Fsp3) is 0.542. The van der Waals surface area contributed by atoms with Crippen LogP contribution in [0.2, 0.25) is 0 Å². The van der Waals surface area contributed by atoms with Gasteiger partial charge in [0.25, 0.3) is 5.91 Å². The van der Waals surface area contributed by atoms with Gasteiger partial charge >= 0.3 is 5.97 Å². The van der Waals surface area contributed by atoms with Gasteiger partial charge in [0.15, 0.2) is 11.6 Å². The Hall–Kier alpha value is -2.94. The Morgan fingerprint density at radius 1 is 1.33 bits per heavy atom. The number of para-hydroxylation sites is 1. The first kappa shape index (κ1) is 23.2. The molecule has 0 bridgehead atoms. The lowest BCUT2D eigenvalue weighted by Crippen LogP contribution is -2.40. The molecule has 1 aromatic carbocycles. The lowest BCUT2D eigenvalue weighted by molar-refractivity contribution is 0.0152. The number of rotatable bonds is 7. The van der Waals surface area contributed by atoms with Crippen LogP contribution in [0.25, 0.3) is 0 Å². The van der Waals surface area contributed by atoms with Crippen LogP contribution in [0, 0.1) is 11.2 Å². The van der Waals surface area contributed by atoms with Crippen LogP contribution < -0.4 is 10.1 Å². The van der Waals surface area contributed by atoms with Crippen molar-refractivity contribution in [3.05, 3.63) is 46.5 Å². The highest BCUT2D eigenvalue weighted by molar-refractivity contribution is 5.97. The van der Waals surface area contributed by atoms with Crippen molar-refractivity contribution in [2.75, 3.05) is 33.5 Å². The standard InChI is InChI=1S/C24H30FN3O5/c1-3-18-20-19(14-24(15-26-22(20)29)8-12-32-13-9-24)28(27-18)10-5-11-33-23(30)16-6-4-7-17(25)21(16)31-2/h4,6-7H,3,5,8-15H2,1-2H3,(H,26,29). The summed E-state index contributed by atoms with van der Waals surface area (Å²) in [5.74, 6) is -1.44. The first-order chi connectivity index (χ1) is 16.0. The summed E-state index contributed by atoms with van der Waals surface area (Å²) in [7, 11) is 1.31. The smallest absolute Gasteiger partial charge is 0.342 e. The quantitative estimate of drug-likeness (QED) is 0.506. The molecule has 33 heavy (non-hydrogen) atoms. The zero-order chi connectivity index (χ0) is 23.4. The Bertz CT molecular complexity index is 1030. The van der Waals surface area contributed by atoms with Gasteiger partial charge in [-0.15, -0.1) is 0 Å². The molecule has 0 saturated carbocycles. The molecule has 4 rings (SSSR count). The van der Waals surface area contributed by atoms with E-state index in [-0.39, 0.29) is 29.2 Å². The third kappa shape index (κ3) is 4.73. The summed E-state index contributed by atoms with van der Waals surface area (Å²) >= 11 is 0. The minimum atomic E-state index is -0.638. The zero-order valence-corrected chi connectivity index (χ0v) is 19.1. The largest absolute Gasteiger partial charge is 0.493 e. The lowest BCUT2D eigenvalue weighted by atomic mass is 9.76. The van der Waals surface area contributed by atoms with Crippen molar-refractivity contribution in [3.63, 3.8) is 0 Å². The fourth-order valence-corrected chi connectivity index (χ4v) is 4.69. The summed E-state index contributed by atoms with van der Waals surface area (Å²) < 4.78 is 31.6. The van der Waals surface area contributed by atoms with Crippen molar-refractivity contribution < 1.29 is 28.2 Å². The van der Waals surface area contributed by atoms with E-state index >= 15 is 0 Å². The number of aryl methyl sites for hydroxylation is 2. The highest BCUT2D eigenvalue weighted by atomic mass is 19.1. The molecule has 0 unspecified atom stereocenters. The van der Waals surface area contributed by atoms with E-state index in [1.165, 1.54) is 25.3 Å². The summed E-state index contributed by atoms with van der Waals surface area (Å²) in [5.41, 5.74) is 2.44. The van der Waals surface area contributed by atoms with Gasteiger partial charge in [-0.05, 0) is 43.2 Å². The normalized spacial score (nSPS) is 17.2. The van der Waals surface area contributed by atoms with Crippen LogP contribution in [-0.4, -0.2) is 55.1 Å². The molecule has 178 valence electrons. The molecule has 1 spiro atoms. The van der Waals surface area contributed by atoms with Gasteiger partial charge in [0.05, 0.1) is 30.7 Å². The Morgan fingerprint density at radius 3 is 2.85 bits per heavy atom. The van der Waals surface area contributed by atoms with Crippen molar-refractivity contribution in [2.45, 2.75) is 45.6 Å². The van der Waals surface area contributed by atoms with Gasteiger partial charge in [0, 0.05) is 32.7 Å². The second-order valence-corrected chi connectivity index (χ2v) is 8.63. The number of esters is 1. The average molecular weight is 460 g/mol. The van der Waals surface area contributed by atoms with E-state index in [1.807, 2.05) is 11.6 Å². The molecule has 8 nitrogen and oxygen atoms in total. The van der Waals surface area contributed by atoms with Gasteiger partial charge < -0.3 is 19.5 Å². The summed E-state index contributed by atoms with van der Waals surface area (Å²) in [6.45, 7) is 4.66. The van der Waals surface area contributed by atoms with Crippen molar-refractivity contribution in [1.82, 2.24) is 15.1 Å². The van der Waals surface area contributed by atoms with Crippen molar-refractivity contribution in [2.24, 2.45) is 5.41 Å². The van der Waals surface area contributed by atoms with Gasteiger partial charge in [0.1, 0.15) is 5.56 Å². The third-order valence-corrected chi connectivity index (χ3v) is 6.55. The molecule has 1 amide bonds. The maximum atomic E-state index is 13.8. The first-order valence-electron chi connectivity index (χ1n) is 11.4.